The van der Waals surface area contributed by atoms with Crippen molar-refractivity contribution in [3.8, 4) is 0 Å². The Morgan fingerprint density at radius 3 is 2.78 bits per heavy atom. The smallest absolute Gasteiger partial charge is 0.231 e. The van der Waals surface area contributed by atoms with Gasteiger partial charge in [0.2, 0.25) is 11.9 Å². The molecule has 0 atom stereocenters. The summed E-state index contributed by atoms with van der Waals surface area (Å²) in [5.41, 5.74) is 0.317. The molecule has 0 fully saturated rings. The lowest BCUT2D eigenvalue weighted by Crippen LogP contribution is -2.16. The number of halogens is 2. The van der Waals surface area contributed by atoms with Crippen LogP contribution in [0, 0.1) is 5.82 Å². The van der Waals surface area contributed by atoms with E-state index in [1.807, 2.05) is 0 Å². The van der Waals surface area contributed by atoms with Gasteiger partial charge in [0.1, 0.15) is 5.82 Å². The van der Waals surface area contributed by atoms with Crippen molar-refractivity contribution in [2.45, 2.75) is 6.42 Å². The predicted octanol–water partition coefficient (Wildman–Crippen LogP) is 2.56. The van der Waals surface area contributed by atoms with E-state index in [4.69, 9.17) is 0 Å². The van der Waals surface area contributed by atoms with Crippen LogP contribution < -0.4 is 5.32 Å². The summed E-state index contributed by atoms with van der Waals surface area (Å²) in [4.78, 5) is 19.4. The molecule has 1 N–H and O–H groups in total. The van der Waals surface area contributed by atoms with Crippen molar-refractivity contribution in [3.05, 3.63) is 52.5 Å². The van der Waals surface area contributed by atoms with Gasteiger partial charge in [0.25, 0.3) is 0 Å². The summed E-state index contributed by atoms with van der Waals surface area (Å²) >= 11 is 3.23. The number of benzene rings is 1. The van der Waals surface area contributed by atoms with Crippen molar-refractivity contribution in [1.82, 2.24) is 9.97 Å². The molecular weight excluding hydrogens is 301 g/mol. The molecule has 0 radical (unpaired) electrons. The van der Waals surface area contributed by atoms with Gasteiger partial charge in [-0.05, 0) is 29.8 Å². The molecule has 4 nitrogen and oxygen atoms in total. The molecule has 6 heteroatoms. The van der Waals surface area contributed by atoms with E-state index in [1.54, 1.807) is 18.2 Å². The maximum absolute atomic E-state index is 13.4. The lowest BCUT2D eigenvalue weighted by molar-refractivity contribution is -0.115. The SMILES string of the molecule is O=C(Cc1cc(Br)ccc1F)Nc1ncccn1. The van der Waals surface area contributed by atoms with Gasteiger partial charge in [0.15, 0.2) is 0 Å². The predicted molar refractivity (Wildman–Crippen MR) is 68.5 cm³/mol. The molecule has 1 aromatic carbocycles. The summed E-state index contributed by atoms with van der Waals surface area (Å²) in [5, 5.41) is 2.49. The lowest BCUT2D eigenvalue weighted by Gasteiger charge is -2.04. The highest BCUT2D eigenvalue weighted by molar-refractivity contribution is 9.10. The van der Waals surface area contributed by atoms with E-state index in [-0.39, 0.29) is 18.3 Å². The maximum Gasteiger partial charge on any atom is 0.231 e. The highest BCUT2D eigenvalue weighted by Gasteiger charge is 2.09. The third-order valence-electron chi connectivity index (χ3n) is 2.18. The number of amides is 1. The Bertz CT molecular complexity index is 563. The van der Waals surface area contributed by atoms with E-state index in [2.05, 4.69) is 31.2 Å². The van der Waals surface area contributed by atoms with Gasteiger partial charge in [-0.25, -0.2) is 14.4 Å². The van der Waals surface area contributed by atoms with Crippen molar-refractivity contribution >= 4 is 27.8 Å². The highest BCUT2D eigenvalue weighted by Crippen LogP contribution is 2.16. The zero-order chi connectivity index (χ0) is 13.0. The minimum atomic E-state index is -0.415. The van der Waals surface area contributed by atoms with Crippen molar-refractivity contribution in [1.29, 1.82) is 0 Å². The third kappa shape index (κ3) is 3.33. The summed E-state index contributed by atoms with van der Waals surface area (Å²) < 4.78 is 14.2. The molecule has 0 aliphatic carbocycles. The van der Waals surface area contributed by atoms with E-state index in [9.17, 15) is 9.18 Å². The van der Waals surface area contributed by atoms with E-state index in [0.29, 0.717) is 5.56 Å². The first-order valence-electron chi connectivity index (χ1n) is 5.16. The largest absolute Gasteiger partial charge is 0.294 e. The number of hydrogen-bond acceptors (Lipinski definition) is 3. The number of anilines is 1. The molecular formula is C12H9BrFN3O. The van der Waals surface area contributed by atoms with E-state index in [1.165, 1.54) is 18.5 Å². The fourth-order valence-corrected chi connectivity index (χ4v) is 1.79. The van der Waals surface area contributed by atoms with Gasteiger partial charge in [-0.1, -0.05) is 15.9 Å². The number of rotatable bonds is 3. The number of carbonyl (C=O) groups excluding carboxylic acids is 1. The number of aromatic nitrogens is 2. The second-order valence-corrected chi connectivity index (χ2v) is 4.45. The molecule has 0 unspecified atom stereocenters. The van der Waals surface area contributed by atoms with Gasteiger partial charge in [0.05, 0.1) is 6.42 Å². The molecule has 0 aliphatic heterocycles. The van der Waals surface area contributed by atoms with Crippen molar-refractivity contribution < 1.29 is 9.18 Å². The standard InChI is InChI=1S/C12H9BrFN3O/c13-9-2-3-10(14)8(6-9)7-11(18)17-12-15-4-1-5-16-12/h1-6H,7H2,(H,15,16,17,18). The van der Waals surface area contributed by atoms with E-state index < -0.39 is 5.82 Å². The Morgan fingerprint density at radius 2 is 2.06 bits per heavy atom. The summed E-state index contributed by atoms with van der Waals surface area (Å²) in [7, 11) is 0. The molecule has 1 aromatic heterocycles. The monoisotopic (exact) mass is 309 g/mol. The first-order chi connectivity index (χ1) is 8.65. The second kappa shape index (κ2) is 5.68. The quantitative estimate of drug-likeness (QED) is 0.948. The summed E-state index contributed by atoms with van der Waals surface area (Å²) in [5.74, 6) is -0.571. The molecule has 1 amide bonds. The molecule has 0 saturated heterocycles. The average molecular weight is 310 g/mol. The topological polar surface area (TPSA) is 54.9 Å². The number of nitrogens with one attached hydrogen (secondary N) is 1. The lowest BCUT2D eigenvalue weighted by atomic mass is 10.1. The zero-order valence-corrected chi connectivity index (χ0v) is 10.8. The van der Waals surface area contributed by atoms with Crippen LogP contribution in [0.1, 0.15) is 5.56 Å². The molecule has 92 valence electrons. The fraction of sp³-hybridized carbons (Fsp3) is 0.0833. The maximum atomic E-state index is 13.4. The highest BCUT2D eigenvalue weighted by atomic mass is 79.9. The minimum Gasteiger partial charge on any atom is -0.294 e. The molecule has 18 heavy (non-hydrogen) atoms. The summed E-state index contributed by atoms with van der Waals surface area (Å²) in [6.45, 7) is 0. The Labute approximate surface area is 111 Å². The Morgan fingerprint density at radius 1 is 1.33 bits per heavy atom. The first kappa shape index (κ1) is 12.6. The van der Waals surface area contributed by atoms with Crippen LogP contribution in [0.2, 0.25) is 0 Å². The molecule has 0 spiro atoms. The van der Waals surface area contributed by atoms with Crippen molar-refractivity contribution in [2.24, 2.45) is 0 Å². The van der Waals surface area contributed by atoms with Crippen LogP contribution in [0.25, 0.3) is 0 Å². The summed E-state index contributed by atoms with van der Waals surface area (Å²) in [6.07, 6.45) is 2.97. The van der Waals surface area contributed by atoms with Crippen molar-refractivity contribution in [2.75, 3.05) is 5.32 Å². The third-order valence-corrected chi connectivity index (χ3v) is 2.67. The van der Waals surface area contributed by atoms with Crippen LogP contribution in [-0.4, -0.2) is 15.9 Å². The number of nitrogens with zero attached hydrogens (tertiary/aromatic N) is 2. The molecule has 0 saturated carbocycles. The Balaban J connectivity index is 2.05. The van der Waals surface area contributed by atoms with Gasteiger partial charge in [-0.15, -0.1) is 0 Å². The van der Waals surface area contributed by atoms with Crippen LogP contribution in [0.5, 0.6) is 0 Å². The molecule has 2 aromatic rings. The van der Waals surface area contributed by atoms with Gasteiger partial charge >= 0.3 is 0 Å². The number of carbonyl (C=O) groups is 1. The van der Waals surface area contributed by atoms with E-state index >= 15 is 0 Å². The van der Waals surface area contributed by atoms with Crippen LogP contribution in [0.4, 0.5) is 10.3 Å². The average Bonchev–Trinajstić information content (AvgIpc) is 2.35. The minimum absolute atomic E-state index is 0.0659. The Kier molecular flexibility index (Phi) is 3.99. The molecule has 1 heterocycles. The second-order valence-electron chi connectivity index (χ2n) is 3.53. The van der Waals surface area contributed by atoms with Crippen LogP contribution >= 0.6 is 15.9 Å². The zero-order valence-electron chi connectivity index (χ0n) is 9.23. The number of hydrogen-bond donors (Lipinski definition) is 1. The van der Waals surface area contributed by atoms with Gasteiger partial charge in [-0.2, -0.15) is 0 Å². The normalized spacial score (nSPS) is 10.1. The van der Waals surface area contributed by atoms with Gasteiger partial charge in [-0.3, -0.25) is 10.1 Å². The molecule has 2 rings (SSSR count). The molecule has 0 aliphatic rings. The molecule has 0 bridgehead atoms. The van der Waals surface area contributed by atoms with Crippen LogP contribution in [0.15, 0.2) is 41.1 Å². The summed E-state index contributed by atoms with van der Waals surface area (Å²) in [6, 6.07) is 6.10. The van der Waals surface area contributed by atoms with Crippen molar-refractivity contribution in [3.63, 3.8) is 0 Å². The van der Waals surface area contributed by atoms with Gasteiger partial charge < -0.3 is 0 Å². The Hall–Kier alpha value is -1.82. The van der Waals surface area contributed by atoms with Crippen LogP contribution in [-0.2, 0) is 11.2 Å². The fourth-order valence-electron chi connectivity index (χ4n) is 1.38. The van der Waals surface area contributed by atoms with Gasteiger partial charge in [0, 0.05) is 16.9 Å². The van der Waals surface area contributed by atoms with E-state index in [0.717, 1.165) is 4.47 Å². The first-order valence-corrected chi connectivity index (χ1v) is 5.95. The van der Waals surface area contributed by atoms with Crippen LogP contribution in [0.3, 0.4) is 0 Å².